The third-order valence-corrected chi connectivity index (χ3v) is 3.02. The van der Waals surface area contributed by atoms with E-state index in [2.05, 4.69) is 10.3 Å². The van der Waals surface area contributed by atoms with Gasteiger partial charge >= 0.3 is 0 Å². The Bertz CT molecular complexity index is 508. The number of aromatic nitrogens is 1. The Balaban J connectivity index is 1.86. The van der Waals surface area contributed by atoms with Gasteiger partial charge in [0.2, 0.25) is 0 Å². The van der Waals surface area contributed by atoms with Gasteiger partial charge in [0.05, 0.1) is 0 Å². The maximum Gasteiger partial charge on any atom is 0.127 e. The van der Waals surface area contributed by atoms with Crippen molar-refractivity contribution in [2.24, 2.45) is 5.92 Å². The number of pyridine rings is 1. The summed E-state index contributed by atoms with van der Waals surface area (Å²) in [5.41, 5.74) is 0.970. The number of benzene rings is 1. The molecule has 1 saturated carbocycles. The molecule has 1 atom stereocenters. The average Bonchev–Trinajstić information content (AvgIpc) is 3.12. The smallest absolute Gasteiger partial charge is 0.127 e. The maximum atomic E-state index is 9.79. The minimum Gasteiger partial charge on any atom is -0.374 e. The zero-order chi connectivity index (χ0) is 11.0. The molecule has 0 amide bonds. The number of nitrogens with zero attached hydrogens (tertiary/aromatic N) is 1. The van der Waals surface area contributed by atoms with Gasteiger partial charge in [-0.15, -0.1) is 0 Å². The molecule has 0 saturated heterocycles. The Labute approximate surface area is 94.1 Å². The SMILES string of the molecule is OC(Nc1ccc2cnccc2c1)C1CC1. The van der Waals surface area contributed by atoms with E-state index >= 15 is 0 Å². The Hall–Kier alpha value is -1.61. The summed E-state index contributed by atoms with van der Waals surface area (Å²) < 4.78 is 0. The molecule has 1 aromatic heterocycles. The fraction of sp³-hybridized carbons (Fsp3) is 0.308. The zero-order valence-corrected chi connectivity index (χ0v) is 8.93. The molecule has 1 aliphatic rings. The van der Waals surface area contributed by atoms with Crippen molar-refractivity contribution in [2.45, 2.75) is 19.1 Å². The maximum absolute atomic E-state index is 9.79. The second kappa shape index (κ2) is 3.76. The van der Waals surface area contributed by atoms with Gasteiger partial charge in [0.15, 0.2) is 0 Å². The lowest BCUT2D eigenvalue weighted by molar-refractivity contribution is 0.180. The molecule has 3 rings (SSSR count). The van der Waals surface area contributed by atoms with E-state index in [0.29, 0.717) is 5.92 Å². The average molecular weight is 214 g/mol. The lowest BCUT2D eigenvalue weighted by Gasteiger charge is -2.13. The van der Waals surface area contributed by atoms with E-state index in [1.54, 1.807) is 6.20 Å². The predicted molar refractivity (Wildman–Crippen MR) is 64.1 cm³/mol. The summed E-state index contributed by atoms with van der Waals surface area (Å²) in [7, 11) is 0. The van der Waals surface area contributed by atoms with Crippen LogP contribution in [0.1, 0.15) is 12.8 Å². The molecule has 0 bridgehead atoms. The number of hydrogen-bond donors (Lipinski definition) is 2. The van der Waals surface area contributed by atoms with Crippen LogP contribution >= 0.6 is 0 Å². The number of aliphatic hydroxyl groups excluding tert-OH is 1. The van der Waals surface area contributed by atoms with Gasteiger partial charge in [-0.1, -0.05) is 6.07 Å². The number of hydrogen-bond acceptors (Lipinski definition) is 3. The number of nitrogens with one attached hydrogen (secondary N) is 1. The summed E-state index contributed by atoms with van der Waals surface area (Å²) in [5.74, 6) is 0.438. The van der Waals surface area contributed by atoms with Crippen molar-refractivity contribution in [1.82, 2.24) is 4.98 Å². The first kappa shape index (κ1) is 9.60. The van der Waals surface area contributed by atoms with Crippen molar-refractivity contribution < 1.29 is 5.11 Å². The lowest BCUT2D eigenvalue weighted by Crippen LogP contribution is -2.20. The van der Waals surface area contributed by atoms with Crippen LogP contribution < -0.4 is 5.32 Å². The summed E-state index contributed by atoms with van der Waals surface area (Å²) >= 11 is 0. The zero-order valence-electron chi connectivity index (χ0n) is 8.93. The van der Waals surface area contributed by atoms with E-state index in [1.165, 1.54) is 0 Å². The molecule has 0 spiro atoms. The molecular weight excluding hydrogens is 200 g/mol. The molecule has 3 nitrogen and oxygen atoms in total. The topological polar surface area (TPSA) is 45.1 Å². The molecule has 1 heterocycles. The molecule has 2 N–H and O–H groups in total. The van der Waals surface area contributed by atoms with Crippen LogP contribution in [0, 0.1) is 5.92 Å². The predicted octanol–water partition coefficient (Wildman–Crippen LogP) is 2.38. The van der Waals surface area contributed by atoms with E-state index in [-0.39, 0.29) is 0 Å². The fourth-order valence-electron chi connectivity index (χ4n) is 1.87. The number of rotatable bonds is 3. The molecule has 3 heteroatoms. The van der Waals surface area contributed by atoms with Crippen LogP contribution in [0.3, 0.4) is 0 Å². The van der Waals surface area contributed by atoms with E-state index in [1.807, 2.05) is 30.5 Å². The van der Waals surface area contributed by atoms with Crippen LogP contribution in [0.25, 0.3) is 10.8 Å². The molecule has 1 aliphatic carbocycles. The molecular formula is C13H14N2O. The molecule has 1 fully saturated rings. The Morgan fingerprint density at radius 2 is 2.12 bits per heavy atom. The molecule has 0 aliphatic heterocycles. The van der Waals surface area contributed by atoms with Gasteiger partial charge in [-0.3, -0.25) is 4.98 Å². The highest BCUT2D eigenvalue weighted by atomic mass is 16.3. The van der Waals surface area contributed by atoms with Crippen molar-refractivity contribution in [3.8, 4) is 0 Å². The second-order valence-corrected chi connectivity index (χ2v) is 4.36. The second-order valence-electron chi connectivity index (χ2n) is 4.36. The Morgan fingerprint density at radius 3 is 2.94 bits per heavy atom. The highest BCUT2D eigenvalue weighted by molar-refractivity contribution is 5.84. The van der Waals surface area contributed by atoms with Crippen LogP contribution in [0.5, 0.6) is 0 Å². The van der Waals surface area contributed by atoms with Gasteiger partial charge in [0.25, 0.3) is 0 Å². The van der Waals surface area contributed by atoms with Gasteiger partial charge < -0.3 is 10.4 Å². The standard InChI is InChI=1S/C13H14N2O/c16-13(9-1-2-9)15-12-4-3-11-8-14-6-5-10(11)7-12/h3-9,13,15-16H,1-2H2. The normalized spacial score (nSPS) is 17.3. The van der Waals surface area contributed by atoms with Crippen LogP contribution in [0.15, 0.2) is 36.7 Å². The van der Waals surface area contributed by atoms with E-state index in [4.69, 9.17) is 0 Å². The van der Waals surface area contributed by atoms with E-state index < -0.39 is 6.23 Å². The quantitative estimate of drug-likeness (QED) is 0.771. The van der Waals surface area contributed by atoms with Crippen LogP contribution in [0.4, 0.5) is 5.69 Å². The number of anilines is 1. The van der Waals surface area contributed by atoms with Gasteiger partial charge in [-0.2, -0.15) is 0 Å². The van der Waals surface area contributed by atoms with Gasteiger partial charge in [-0.05, 0) is 36.4 Å². The van der Waals surface area contributed by atoms with E-state index in [9.17, 15) is 5.11 Å². The Morgan fingerprint density at radius 1 is 1.25 bits per heavy atom. The number of fused-ring (bicyclic) bond motifs is 1. The van der Waals surface area contributed by atoms with Gasteiger partial charge in [0, 0.05) is 29.4 Å². The molecule has 1 unspecified atom stereocenters. The lowest BCUT2D eigenvalue weighted by atomic mass is 10.1. The first-order valence-electron chi connectivity index (χ1n) is 5.61. The Kier molecular flexibility index (Phi) is 2.26. The third-order valence-electron chi connectivity index (χ3n) is 3.02. The van der Waals surface area contributed by atoms with Crippen molar-refractivity contribution in [3.63, 3.8) is 0 Å². The number of aliphatic hydroxyl groups is 1. The molecule has 1 aromatic carbocycles. The first-order valence-corrected chi connectivity index (χ1v) is 5.61. The summed E-state index contributed by atoms with van der Waals surface area (Å²) in [4.78, 5) is 4.07. The molecule has 0 radical (unpaired) electrons. The summed E-state index contributed by atoms with van der Waals surface area (Å²) in [5, 5.41) is 15.2. The minimum atomic E-state index is -0.403. The first-order chi connectivity index (χ1) is 7.83. The minimum absolute atomic E-state index is 0.403. The highest BCUT2D eigenvalue weighted by Crippen LogP contribution is 2.33. The molecule has 16 heavy (non-hydrogen) atoms. The van der Waals surface area contributed by atoms with Crippen LogP contribution in [0.2, 0.25) is 0 Å². The van der Waals surface area contributed by atoms with Crippen molar-refractivity contribution in [1.29, 1.82) is 0 Å². The van der Waals surface area contributed by atoms with Crippen molar-refractivity contribution >= 4 is 16.5 Å². The molecule has 82 valence electrons. The van der Waals surface area contributed by atoms with Crippen molar-refractivity contribution in [2.75, 3.05) is 5.32 Å². The van der Waals surface area contributed by atoms with Crippen LogP contribution in [-0.4, -0.2) is 16.3 Å². The van der Waals surface area contributed by atoms with Gasteiger partial charge in [0.1, 0.15) is 6.23 Å². The summed E-state index contributed by atoms with van der Waals surface area (Å²) in [6, 6.07) is 8.02. The summed E-state index contributed by atoms with van der Waals surface area (Å²) in [6.07, 6.45) is 5.48. The highest BCUT2D eigenvalue weighted by Gasteiger charge is 2.29. The molecule has 2 aromatic rings. The van der Waals surface area contributed by atoms with Crippen LogP contribution in [-0.2, 0) is 0 Å². The largest absolute Gasteiger partial charge is 0.374 e. The van der Waals surface area contributed by atoms with Gasteiger partial charge in [-0.25, -0.2) is 0 Å². The monoisotopic (exact) mass is 214 g/mol. The summed E-state index contributed by atoms with van der Waals surface area (Å²) in [6.45, 7) is 0. The van der Waals surface area contributed by atoms with E-state index in [0.717, 1.165) is 29.3 Å². The fourth-order valence-corrected chi connectivity index (χ4v) is 1.87. The van der Waals surface area contributed by atoms with Crippen molar-refractivity contribution in [3.05, 3.63) is 36.7 Å². The third kappa shape index (κ3) is 1.86.